The molecule has 5 rings (SSSR count). The van der Waals surface area contributed by atoms with Gasteiger partial charge in [0, 0.05) is 41.0 Å². The highest BCUT2D eigenvalue weighted by atomic mass is 19.4. The highest BCUT2D eigenvalue weighted by Crippen LogP contribution is 2.29. The first kappa shape index (κ1) is 23.5. The Morgan fingerprint density at radius 2 is 1.94 bits per heavy atom. The van der Waals surface area contributed by atoms with Gasteiger partial charge in [0.25, 0.3) is 5.91 Å². The molecule has 184 valence electrons. The van der Waals surface area contributed by atoms with E-state index in [4.69, 9.17) is 9.47 Å². The van der Waals surface area contributed by atoms with Crippen LogP contribution < -0.4 is 10.1 Å². The first-order valence-corrected chi connectivity index (χ1v) is 11.0. The van der Waals surface area contributed by atoms with Crippen LogP contribution in [0.3, 0.4) is 0 Å². The molecule has 1 amide bonds. The second-order valence-corrected chi connectivity index (χ2v) is 8.24. The number of ether oxygens (including phenoxy) is 2. The molecule has 1 N–H and O–H groups in total. The van der Waals surface area contributed by atoms with Crippen molar-refractivity contribution in [2.24, 2.45) is 0 Å². The number of hydrogen-bond donors (Lipinski definition) is 1. The Kier molecular flexibility index (Phi) is 6.15. The van der Waals surface area contributed by atoms with Gasteiger partial charge in [0.1, 0.15) is 17.5 Å². The van der Waals surface area contributed by atoms with Crippen LogP contribution in [0, 0.1) is 6.92 Å². The van der Waals surface area contributed by atoms with Gasteiger partial charge in [-0.25, -0.2) is 4.68 Å². The third-order valence-corrected chi connectivity index (χ3v) is 5.57. The largest absolute Gasteiger partial charge is 0.484 e. The number of anilines is 1. The zero-order valence-electron chi connectivity index (χ0n) is 19.0. The van der Waals surface area contributed by atoms with Crippen LogP contribution in [-0.4, -0.2) is 45.0 Å². The lowest BCUT2D eigenvalue weighted by atomic mass is 10.1. The number of carbonyl (C=O) groups excluding carboxylic acids is 1. The Bertz CT molecular complexity index is 1420. The number of nitrogens with zero attached hydrogens (tertiary/aromatic N) is 4. The van der Waals surface area contributed by atoms with E-state index < -0.39 is 17.8 Å². The number of halogens is 3. The fourth-order valence-corrected chi connectivity index (χ4v) is 3.58. The van der Waals surface area contributed by atoms with Crippen LogP contribution in [-0.2, 0) is 10.9 Å². The number of aromatic nitrogens is 4. The summed E-state index contributed by atoms with van der Waals surface area (Å²) in [6.07, 6.45) is 3.20. The molecule has 3 aromatic heterocycles. The van der Waals surface area contributed by atoms with Gasteiger partial charge < -0.3 is 14.8 Å². The Balaban J connectivity index is 1.35. The molecule has 0 aliphatic carbocycles. The van der Waals surface area contributed by atoms with Gasteiger partial charge in [0.2, 0.25) is 0 Å². The van der Waals surface area contributed by atoms with Crippen LogP contribution in [0.15, 0.2) is 67.4 Å². The lowest BCUT2D eigenvalue weighted by molar-refractivity contribution is -0.141. The van der Waals surface area contributed by atoms with E-state index in [0.29, 0.717) is 36.4 Å². The summed E-state index contributed by atoms with van der Waals surface area (Å²) in [6, 6.07) is 8.97. The summed E-state index contributed by atoms with van der Waals surface area (Å²) in [6.45, 7) is 3.00. The predicted molar refractivity (Wildman–Crippen MR) is 124 cm³/mol. The van der Waals surface area contributed by atoms with E-state index in [1.54, 1.807) is 41.5 Å². The predicted octanol–water partition coefficient (Wildman–Crippen LogP) is 4.69. The third kappa shape index (κ3) is 5.05. The zero-order valence-corrected chi connectivity index (χ0v) is 19.0. The number of nitrogens with one attached hydrogen (secondary N) is 1. The second-order valence-electron chi connectivity index (χ2n) is 8.24. The molecule has 36 heavy (non-hydrogen) atoms. The van der Waals surface area contributed by atoms with Crippen molar-refractivity contribution in [1.29, 1.82) is 0 Å². The zero-order chi connectivity index (χ0) is 25.3. The number of rotatable bonds is 6. The minimum atomic E-state index is -4.64. The highest BCUT2D eigenvalue weighted by Gasteiger charge is 2.33. The fourth-order valence-electron chi connectivity index (χ4n) is 3.58. The number of pyridine rings is 2. The molecule has 4 heterocycles. The molecule has 1 saturated heterocycles. The number of benzene rings is 1. The summed E-state index contributed by atoms with van der Waals surface area (Å²) in [5.41, 5.74) is 2.32. The van der Waals surface area contributed by atoms with E-state index in [1.165, 1.54) is 6.07 Å². The maximum Gasteiger partial charge on any atom is 0.433 e. The van der Waals surface area contributed by atoms with Gasteiger partial charge in [-0.2, -0.15) is 18.3 Å². The number of alkyl halides is 3. The van der Waals surface area contributed by atoms with Gasteiger partial charge in [-0.05, 0) is 42.8 Å². The van der Waals surface area contributed by atoms with Crippen molar-refractivity contribution < 1.29 is 27.4 Å². The molecule has 1 aromatic carbocycles. The first-order valence-electron chi connectivity index (χ1n) is 11.0. The monoisotopic (exact) mass is 495 g/mol. The minimum absolute atomic E-state index is 0.0255. The van der Waals surface area contributed by atoms with E-state index >= 15 is 0 Å². The number of hydrogen-bond acceptors (Lipinski definition) is 6. The Labute approximate surface area is 203 Å². The van der Waals surface area contributed by atoms with Crippen molar-refractivity contribution in [2.75, 3.05) is 18.5 Å². The Hall–Kier alpha value is -4.25. The lowest BCUT2D eigenvalue weighted by Crippen LogP contribution is -2.38. The summed E-state index contributed by atoms with van der Waals surface area (Å²) < 4.78 is 51.4. The molecular weight excluding hydrogens is 475 g/mol. The average Bonchev–Trinajstić information content (AvgIpc) is 3.32. The van der Waals surface area contributed by atoms with E-state index in [0.717, 1.165) is 22.9 Å². The molecule has 0 spiro atoms. The quantitative estimate of drug-likeness (QED) is 0.418. The summed E-state index contributed by atoms with van der Waals surface area (Å²) in [5, 5.41) is 7.08. The normalized spacial score (nSPS) is 13.8. The van der Waals surface area contributed by atoms with Crippen LogP contribution in [0.1, 0.15) is 21.6 Å². The van der Waals surface area contributed by atoms with Crippen molar-refractivity contribution in [2.45, 2.75) is 19.2 Å². The number of amides is 1. The number of aryl methyl sites for hydroxylation is 1. The third-order valence-electron chi connectivity index (χ3n) is 5.57. The maximum atomic E-state index is 12.9. The van der Waals surface area contributed by atoms with Crippen molar-refractivity contribution >= 4 is 11.6 Å². The van der Waals surface area contributed by atoms with Crippen molar-refractivity contribution in [3.63, 3.8) is 0 Å². The SMILES string of the molecule is Cc1ccc(NC(=O)c2ccnc(C(F)(F)F)c2)cc1-n1cc(-c2cncc(OC3COC3)c2)cn1. The van der Waals surface area contributed by atoms with Crippen LogP contribution >= 0.6 is 0 Å². The standard InChI is InChI=1S/C25H20F3N5O3/c1-15-2-3-19(32-24(34)16-4-5-30-23(7-16)25(26,27)28)8-22(15)33-12-18(10-31-33)17-6-20(11-29-9-17)36-21-13-35-14-21/h2-12,21H,13-14H2,1H3,(H,32,34). The molecule has 8 nitrogen and oxygen atoms in total. The molecule has 1 fully saturated rings. The molecular formula is C25H20F3N5O3. The Morgan fingerprint density at radius 1 is 1.11 bits per heavy atom. The molecule has 4 aromatic rings. The Morgan fingerprint density at radius 3 is 2.69 bits per heavy atom. The minimum Gasteiger partial charge on any atom is -0.484 e. The summed E-state index contributed by atoms with van der Waals surface area (Å²) >= 11 is 0. The van der Waals surface area contributed by atoms with Crippen LogP contribution in [0.4, 0.5) is 18.9 Å². The van der Waals surface area contributed by atoms with E-state index in [2.05, 4.69) is 20.4 Å². The van der Waals surface area contributed by atoms with Crippen LogP contribution in [0.25, 0.3) is 16.8 Å². The molecule has 0 bridgehead atoms. The topological polar surface area (TPSA) is 91.2 Å². The van der Waals surface area contributed by atoms with Crippen LogP contribution in [0.5, 0.6) is 5.75 Å². The van der Waals surface area contributed by atoms with Gasteiger partial charge in [0.05, 0.1) is 31.3 Å². The van der Waals surface area contributed by atoms with Crippen molar-refractivity contribution in [3.8, 4) is 22.6 Å². The van der Waals surface area contributed by atoms with Gasteiger partial charge in [0.15, 0.2) is 0 Å². The molecule has 0 unspecified atom stereocenters. The summed E-state index contributed by atoms with van der Waals surface area (Å²) in [7, 11) is 0. The maximum absolute atomic E-state index is 12.9. The van der Waals surface area contributed by atoms with Crippen LogP contribution in [0.2, 0.25) is 0 Å². The van der Waals surface area contributed by atoms with E-state index in [9.17, 15) is 18.0 Å². The first-order chi connectivity index (χ1) is 17.3. The second kappa shape index (κ2) is 9.42. The smallest absolute Gasteiger partial charge is 0.433 e. The van der Waals surface area contributed by atoms with Gasteiger partial charge in [-0.15, -0.1) is 0 Å². The summed E-state index contributed by atoms with van der Waals surface area (Å²) in [4.78, 5) is 20.1. The summed E-state index contributed by atoms with van der Waals surface area (Å²) in [5.74, 6) is -0.0437. The van der Waals surface area contributed by atoms with Gasteiger partial charge >= 0.3 is 6.18 Å². The molecule has 11 heteroatoms. The number of carbonyl (C=O) groups is 1. The molecule has 1 aliphatic rings. The van der Waals surface area contributed by atoms with Crippen molar-refractivity contribution in [1.82, 2.24) is 19.7 Å². The molecule has 0 saturated carbocycles. The molecule has 0 atom stereocenters. The van der Waals surface area contributed by atoms with Crippen molar-refractivity contribution in [3.05, 3.63) is 84.2 Å². The molecule has 1 aliphatic heterocycles. The van der Waals surface area contributed by atoms with E-state index in [-0.39, 0.29) is 11.7 Å². The van der Waals surface area contributed by atoms with Gasteiger partial charge in [-0.3, -0.25) is 14.8 Å². The van der Waals surface area contributed by atoms with Gasteiger partial charge in [-0.1, -0.05) is 6.07 Å². The lowest BCUT2D eigenvalue weighted by Gasteiger charge is -2.26. The molecule has 0 radical (unpaired) electrons. The van der Waals surface area contributed by atoms with E-state index in [1.807, 2.05) is 19.2 Å². The average molecular weight is 495 g/mol. The highest BCUT2D eigenvalue weighted by molar-refractivity contribution is 6.04. The fraction of sp³-hybridized carbons (Fsp3) is 0.200.